The Morgan fingerprint density at radius 2 is 2.02 bits per heavy atom. The predicted octanol–water partition coefficient (Wildman–Crippen LogP) is 3.41. The Morgan fingerprint density at radius 1 is 1.19 bits per heavy atom. The lowest BCUT2D eigenvalue weighted by Crippen LogP contribution is -2.54. The van der Waals surface area contributed by atoms with Crippen molar-refractivity contribution in [2.45, 2.75) is 51.7 Å². The third kappa shape index (κ3) is 4.86. The monoisotopic (exact) mass is 568 g/mol. The number of piperazine rings is 1. The Balaban J connectivity index is 1.40. The van der Waals surface area contributed by atoms with Gasteiger partial charge in [0.15, 0.2) is 0 Å². The van der Waals surface area contributed by atoms with Gasteiger partial charge in [0.25, 0.3) is 0 Å². The number of rotatable bonds is 6. The molecule has 2 atom stereocenters. The first kappa shape index (κ1) is 28.0. The zero-order valence-corrected chi connectivity index (χ0v) is 25.1. The van der Waals surface area contributed by atoms with Crippen LogP contribution in [0.25, 0.3) is 10.9 Å². The van der Waals surface area contributed by atoms with Gasteiger partial charge in [0.2, 0.25) is 11.8 Å². The lowest BCUT2D eigenvalue weighted by Gasteiger charge is -2.42. The van der Waals surface area contributed by atoms with E-state index in [0.717, 1.165) is 60.2 Å². The summed E-state index contributed by atoms with van der Waals surface area (Å²) in [4.78, 5) is 26.4. The molecule has 2 saturated heterocycles. The molecule has 42 heavy (non-hydrogen) atoms. The highest BCUT2D eigenvalue weighted by Crippen LogP contribution is 2.40. The Morgan fingerprint density at radius 3 is 2.74 bits per heavy atom. The molecule has 3 aromatic rings. The molecule has 0 N–H and O–H groups in total. The Bertz CT molecular complexity index is 1570. The number of benzene rings is 1. The summed E-state index contributed by atoms with van der Waals surface area (Å²) < 4.78 is 8.32. The number of carbonyl (C=O) groups is 1. The predicted molar refractivity (Wildman–Crippen MR) is 164 cm³/mol. The number of aryl methyl sites for hydroxylation is 2. The first-order chi connectivity index (χ1) is 20.3. The largest absolute Gasteiger partial charge is 0.475 e. The Hall–Kier alpha value is -4.10. The zero-order valence-electron chi connectivity index (χ0n) is 25.1. The van der Waals surface area contributed by atoms with Crippen molar-refractivity contribution >= 4 is 28.2 Å². The van der Waals surface area contributed by atoms with E-state index in [1.165, 1.54) is 17.3 Å². The van der Waals surface area contributed by atoms with Gasteiger partial charge in [-0.25, -0.2) is 4.98 Å². The second-order valence-electron chi connectivity index (χ2n) is 11.9. The molecule has 1 amide bonds. The molecule has 220 valence electrons. The number of hydrogen-bond donors (Lipinski definition) is 0. The lowest BCUT2D eigenvalue weighted by atomic mass is 9.96. The van der Waals surface area contributed by atoms with Gasteiger partial charge in [0.05, 0.1) is 35.3 Å². The third-order valence-corrected chi connectivity index (χ3v) is 9.31. The van der Waals surface area contributed by atoms with Crippen molar-refractivity contribution in [3.8, 4) is 11.9 Å². The molecule has 0 unspecified atom stereocenters. The van der Waals surface area contributed by atoms with Crippen molar-refractivity contribution in [1.29, 1.82) is 5.26 Å². The summed E-state index contributed by atoms with van der Waals surface area (Å²) >= 11 is 0. The first-order valence-electron chi connectivity index (χ1n) is 14.9. The number of hydrogen-bond acceptors (Lipinski definition) is 8. The Labute approximate surface area is 247 Å². The minimum atomic E-state index is -0.0558. The minimum Gasteiger partial charge on any atom is -0.475 e. The number of carbonyl (C=O) groups excluding carboxylic acids is 1. The van der Waals surface area contributed by atoms with Gasteiger partial charge in [-0.15, -0.1) is 0 Å². The highest BCUT2D eigenvalue weighted by molar-refractivity contribution is 5.94. The molecule has 0 bridgehead atoms. The number of pyridine rings is 1. The maximum atomic E-state index is 12.5. The summed E-state index contributed by atoms with van der Waals surface area (Å²) in [6, 6.07) is 7.06. The topological polar surface area (TPSA) is 93.8 Å². The molecule has 10 nitrogen and oxygen atoms in total. The first-order valence-corrected chi connectivity index (χ1v) is 14.9. The molecule has 0 saturated carbocycles. The molecule has 10 heteroatoms. The molecule has 2 aromatic heterocycles. The average Bonchev–Trinajstić information content (AvgIpc) is 3.58. The van der Waals surface area contributed by atoms with Crippen molar-refractivity contribution < 1.29 is 9.53 Å². The van der Waals surface area contributed by atoms with E-state index in [9.17, 15) is 10.1 Å². The lowest BCUT2D eigenvalue weighted by molar-refractivity contribution is -0.128. The van der Waals surface area contributed by atoms with Crippen molar-refractivity contribution in [3.05, 3.63) is 53.4 Å². The van der Waals surface area contributed by atoms with Crippen molar-refractivity contribution in [2.24, 2.45) is 7.05 Å². The number of likely N-dealkylation sites (N-methyl/N-ethyl adjacent to an activating group) is 1. The number of likely N-dealkylation sites (tertiary alicyclic amines) is 1. The summed E-state index contributed by atoms with van der Waals surface area (Å²) in [5.41, 5.74) is 6.96. The molecular formula is C32H40N8O2. The van der Waals surface area contributed by atoms with Crippen LogP contribution in [0.2, 0.25) is 0 Å². The maximum Gasteiger partial charge on any atom is 0.246 e. The molecule has 3 aliphatic heterocycles. The van der Waals surface area contributed by atoms with E-state index >= 15 is 0 Å². The zero-order chi connectivity index (χ0) is 29.5. The molecule has 5 heterocycles. The molecule has 1 aromatic carbocycles. The quantitative estimate of drug-likeness (QED) is 0.418. The second kappa shape index (κ2) is 11.3. The van der Waals surface area contributed by atoms with E-state index in [-0.39, 0.29) is 11.9 Å². The molecule has 0 radical (unpaired) electrons. The number of nitriles is 1. The third-order valence-electron chi connectivity index (χ3n) is 9.31. The Kier molecular flexibility index (Phi) is 7.54. The fourth-order valence-electron chi connectivity index (χ4n) is 6.99. The smallest absolute Gasteiger partial charge is 0.246 e. The van der Waals surface area contributed by atoms with E-state index in [4.69, 9.17) is 9.72 Å². The summed E-state index contributed by atoms with van der Waals surface area (Å²) in [5.74, 6) is 0.363. The van der Waals surface area contributed by atoms with Crippen molar-refractivity contribution in [3.63, 3.8) is 0 Å². The fourth-order valence-corrected chi connectivity index (χ4v) is 6.99. The van der Waals surface area contributed by atoms with Crippen LogP contribution in [-0.2, 0) is 24.8 Å². The fraction of sp³-hybridized carbons (Fsp3) is 0.500. The van der Waals surface area contributed by atoms with E-state index in [1.807, 2.05) is 22.8 Å². The second-order valence-corrected chi connectivity index (χ2v) is 11.9. The van der Waals surface area contributed by atoms with Crippen LogP contribution < -0.4 is 14.5 Å². The number of fused-ring (bicyclic) bond motifs is 2. The van der Waals surface area contributed by atoms with Crippen molar-refractivity contribution in [1.82, 2.24) is 24.6 Å². The molecular weight excluding hydrogens is 528 g/mol. The van der Waals surface area contributed by atoms with Crippen LogP contribution in [0.15, 0.2) is 31.0 Å². The van der Waals surface area contributed by atoms with Crippen LogP contribution in [0.4, 0.5) is 11.4 Å². The number of anilines is 2. The van der Waals surface area contributed by atoms with Crippen molar-refractivity contribution in [2.75, 3.05) is 56.2 Å². The van der Waals surface area contributed by atoms with Gasteiger partial charge in [0.1, 0.15) is 18.2 Å². The van der Waals surface area contributed by atoms with Crippen LogP contribution in [0, 0.1) is 18.3 Å². The van der Waals surface area contributed by atoms with Crippen LogP contribution in [0.1, 0.15) is 42.1 Å². The highest BCUT2D eigenvalue weighted by Gasteiger charge is 2.34. The summed E-state index contributed by atoms with van der Waals surface area (Å²) in [5, 5.41) is 16.2. The van der Waals surface area contributed by atoms with E-state index in [0.29, 0.717) is 50.3 Å². The van der Waals surface area contributed by atoms with Gasteiger partial charge in [-0.05, 0) is 64.4 Å². The average molecular weight is 569 g/mol. The number of amides is 1. The summed E-state index contributed by atoms with van der Waals surface area (Å²) in [6.45, 7) is 12.7. The van der Waals surface area contributed by atoms with Gasteiger partial charge in [-0.1, -0.05) is 12.6 Å². The minimum absolute atomic E-state index is 0.0120. The van der Waals surface area contributed by atoms with Gasteiger partial charge < -0.3 is 24.3 Å². The van der Waals surface area contributed by atoms with Crippen LogP contribution in [0.3, 0.4) is 0 Å². The molecule has 0 aliphatic carbocycles. The number of aromatic nitrogens is 3. The van der Waals surface area contributed by atoms with E-state index < -0.39 is 0 Å². The van der Waals surface area contributed by atoms with Gasteiger partial charge in [-0.2, -0.15) is 10.4 Å². The number of nitrogens with zero attached hydrogens (tertiary/aromatic N) is 8. The standard InChI is InChI=1S/C32H40N8O2/c1-6-29(41)40-15-14-39(18-22(40)3)31-24-11-13-38(30-21(2)9-10-28-26(30)17-34-37(28)5)19-27(24)35-32(25(31)16-33)42-20-23-8-7-12-36(23)4/h6,9-10,17,22-23H,1,7-8,11-15,18-20H2,2-5H3/t22-,23+/m1/s1. The molecule has 6 rings (SSSR count). The molecule has 0 spiro atoms. The highest BCUT2D eigenvalue weighted by atomic mass is 16.5. The van der Waals surface area contributed by atoms with Crippen LogP contribution >= 0.6 is 0 Å². The van der Waals surface area contributed by atoms with Gasteiger partial charge in [-0.3, -0.25) is 9.48 Å². The van der Waals surface area contributed by atoms with E-state index in [1.54, 1.807) is 0 Å². The van der Waals surface area contributed by atoms with Crippen LogP contribution in [0.5, 0.6) is 5.88 Å². The van der Waals surface area contributed by atoms with Crippen LogP contribution in [-0.4, -0.2) is 88.9 Å². The summed E-state index contributed by atoms with van der Waals surface area (Å²) in [7, 11) is 4.10. The van der Waals surface area contributed by atoms with E-state index in [2.05, 4.69) is 65.5 Å². The summed E-state index contributed by atoms with van der Waals surface area (Å²) in [6.07, 6.45) is 6.32. The maximum absolute atomic E-state index is 12.5. The normalized spacial score (nSPS) is 21.0. The molecule has 2 fully saturated rings. The number of ether oxygens (including phenoxy) is 1. The van der Waals surface area contributed by atoms with Gasteiger partial charge in [0, 0.05) is 56.3 Å². The van der Waals surface area contributed by atoms with Gasteiger partial charge >= 0.3 is 0 Å². The molecule has 3 aliphatic rings. The SMILES string of the molecule is C=CC(=O)N1CCN(c2c(C#N)c(OC[C@@H]3CCCN3C)nc3c2CCN(c2c(C)ccc4c2cnn4C)C3)C[C@H]1C.